The van der Waals surface area contributed by atoms with Gasteiger partial charge in [0, 0.05) is 32.1 Å². The zero-order valence-corrected chi connectivity index (χ0v) is 18.2. The summed E-state index contributed by atoms with van der Waals surface area (Å²) in [5.41, 5.74) is 4.68. The molecule has 0 radical (unpaired) electrons. The molecule has 3 heterocycles. The molecule has 1 amide bonds. The summed E-state index contributed by atoms with van der Waals surface area (Å²) in [7, 11) is 1.68. The van der Waals surface area contributed by atoms with Crippen molar-refractivity contribution in [2.24, 2.45) is 0 Å². The summed E-state index contributed by atoms with van der Waals surface area (Å²) in [6.45, 7) is 1.42. The van der Waals surface area contributed by atoms with Gasteiger partial charge in [0.2, 0.25) is 5.91 Å². The lowest BCUT2D eigenvalue weighted by Gasteiger charge is -2.19. The van der Waals surface area contributed by atoms with E-state index in [0.717, 1.165) is 35.3 Å². The van der Waals surface area contributed by atoms with Gasteiger partial charge in [-0.2, -0.15) is 5.10 Å². The number of pyridine rings is 1. The highest BCUT2D eigenvalue weighted by atomic mass is 19.1. The molecule has 0 saturated carbocycles. The Morgan fingerprint density at radius 3 is 2.76 bits per heavy atom. The van der Waals surface area contributed by atoms with Gasteiger partial charge in [0.1, 0.15) is 12.1 Å². The molecule has 2 aromatic carbocycles. The first-order chi connectivity index (χ1) is 16.1. The van der Waals surface area contributed by atoms with Crippen molar-refractivity contribution in [2.75, 3.05) is 30.4 Å². The van der Waals surface area contributed by atoms with E-state index in [9.17, 15) is 9.18 Å². The number of ether oxygens (including phenoxy) is 1. The van der Waals surface area contributed by atoms with E-state index in [2.05, 4.69) is 15.4 Å². The third-order valence-corrected chi connectivity index (χ3v) is 5.98. The van der Waals surface area contributed by atoms with Crippen LogP contribution in [-0.2, 0) is 16.0 Å². The van der Waals surface area contributed by atoms with Gasteiger partial charge in [-0.25, -0.2) is 13.9 Å². The smallest absolute Gasteiger partial charge is 0.228 e. The van der Waals surface area contributed by atoms with Gasteiger partial charge in [-0.15, -0.1) is 0 Å². The standard InChI is InChI=1S/C25H24FN5O2/c1-33-21-9-10-30(15-21)23-7-6-20(14-22(23)26)29-25(32)12-17-2-4-18(5-3-17)19-8-11-31-24(13-19)27-16-28-31/h2-8,11,13-14,16,21H,9-10,12,15H2,1H3,(H,29,32)/t21-/m0/s1. The summed E-state index contributed by atoms with van der Waals surface area (Å²) >= 11 is 0. The fourth-order valence-electron chi connectivity index (χ4n) is 4.18. The Bertz CT molecular complexity index is 1290. The summed E-state index contributed by atoms with van der Waals surface area (Å²) in [5, 5.41) is 6.89. The van der Waals surface area contributed by atoms with Crippen LogP contribution in [0.1, 0.15) is 12.0 Å². The number of methoxy groups -OCH3 is 1. The number of nitrogens with zero attached hydrogens (tertiary/aromatic N) is 4. The number of fused-ring (bicyclic) bond motifs is 1. The van der Waals surface area contributed by atoms with Crippen molar-refractivity contribution in [1.29, 1.82) is 0 Å². The third kappa shape index (κ3) is 4.56. The minimum Gasteiger partial charge on any atom is -0.380 e. The molecule has 0 unspecified atom stereocenters. The van der Waals surface area contributed by atoms with Crippen molar-refractivity contribution in [3.63, 3.8) is 0 Å². The molecule has 5 rings (SSSR count). The second-order valence-electron chi connectivity index (χ2n) is 8.16. The minimum atomic E-state index is -0.349. The van der Waals surface area contributed by atoms with Crippen molar-refractivity contribution in [3.05, 3.63) is 78.5 Å². The molecule has 1 aliphatic rings. The number of halogens is 1. The van der Waals surface area contributed by atoms with E-state index in [1.165, 1.54) is 12.4 Å². The minimum absolute atomic E-state index is 0.126. The van der Waals surface area contributed by atoms with E-state index in [0.29, 0.717) is 17.9 Å². The highest BCUT2D eigenvalue weighted by Crippen LogP contribution is 2.27. The van der Waals surface area contributed by atoms with Crippen molar-refractivity contribution in [2.45, 2.75) is 18.9 Å². The quantitative estimate of drug-likeness (QED) is 0.487. The Balaban J connectivity index is 1.21. The van der Waals surface area contributed by atoms with Crippen molar-refractivity contribution >= 4 is 22.9 Å². The number of anilines is 2. The first kappa shape index (κ1) is 21.1. The van der Waals surface area contributed by atoms with Gasteiger partial charge >= 0.3 is 0 Å². The zero-order chi connectivity index (χ0) is 22.8. The van der Waals surface area contributed by atoms with Crippen LogP contribution in [-0.4, -0.2) is 46.8 Å². The summed E-state index contributed by atoms with van der Waals surface area (Å²) < 4.78 is 21.7. The Morgan fingerprint density at radius 2 is 2.00 bits per heavy atom. The number of amides is 1. The number of rotatable bonds is 6. The molecule has 8 heteroatoms. The van der Waals surface area contributed by atoms with E-state index in [1.54, 1.807) is 23.8 Å². The molecule has 0 spiro atoms. The highest BCUT2D eigenvalue weighted by molar-refractivity contribution is 5.92. The van der Waals surface area contributed by atoms with E-state index in [4.69, 9.17) is 4.74 Å². The number of benzene rings is 2. The number of carbonyl (C=O) groups excluding carboxylic acids is 1. The molecule has 7 nitrogen and oxygen atoms in total. The Labute approximate surface area is 190 Å². The molecule has 1 saturated heterocycles. The summed E-state index contributed by atoms with van der Waals surface area (Å²) in [4.78, 5) is 18.7. The second kappa shape index (κ2) is 8.99. The highest BCUT2D eigenvalue weighted by Gasteiger charge is 2.24. The molecule has 1 aliphatic heterocycles. The van der Waals surface area contributed by atoms with Crippen LogP contribution in [0.15, 0.2) is 67.1 Å². The van der Waals surface area contributed by atoms with Gasteiger partial charge in [-0.1, -0.05) is 24.3 Å². The molecule has 33 heavy (non-hydrogen) atoms. The van der Waals surface area contributed by atoms with Crippen LogP contribution in [0.3, 0.4) is 0 Å². The molecule has 1 N–H and O–H groups in total. The average molecular weight is 445 g/mol. The van der Waals surface area contributed by atoms with Crippen LogP contribution in [0.25, 0.3) is 16.8 Å². The Morgan fingerprint density at radius 1 is 1.15 bits per heavy atom. The lowest BCUT2D eigenvalue weighted by Crippen LogP contribution is -2.23. The predicted octanol–water partition coefficient (Wildman–Crippen LogP) is 3.94. The van der Waals surface area contributed by atoms with Crippen LogP contribution in [0.4, 0.5) is 15.8 Å². The van der Waals surface area contributed by atoms with Crippen molar-refractivity contribution < 1.29 is 13.9 Å². The van der Waals surface area contributed by atoms with Crippen LogP contribution in [0.2, 0.25) is 0 Å². The topological polar surface area (TPSA) is 71.8 Å². The molecular weight excluding hydrogens is 421 g/mol. The maximum atomic E-state index is 14.6. The number of nitrogens with one attached hydrogen (secondary N) is 1. The molecule has 0 aliphatic carbocycles. The summed E-state index contributed by atoms with van der Waals surface area (Å²) in [6.07, 6.45) is 4.59. The summed E-state index contributed by atoms with van der Waals surface area (Å²) in [5.74, 6) is -0.543. The molecule has 4 aromatic rings. The van der Waals surface area contributed by atoms with Gasteiger partial charge in [-0.05, 0) is 53.4 Å². The van der Waals surface area contributed by atoms with Gasteiger partial charge in [0.15, 0.2) is 5.65 Å². The largest absolute Gasteiger partial charge is 0.380 e. The number of hydrogen-bond acceptors (Lipinski definition) is 5. The fraction of sp³-hybridized carbons (Fsp3) is 0.240. The third-order valence-electron chi connectivity index (χ3n) is 5.98. The normalized spacial score (nSPS) is 15.8. The van der Waals surface area contributed by atoms with E-state index < -0.39 is 0 Å². The fourth-order valence-corrected chi connectivity index (χ4v) is 4.18. The molecule has 1 fully saturated rings. The van der Waals surface area contributed by atoms with Crippen LogP contribution >= 0.6 is 0 Å². The second-order valence-corrected chi connectivity index (χ2v) is 8.16. The van der Waals surface area contributed by atoms with Crippen molar-refractivity contribution in [3.8, 4) is 11.1 Å². The predicted molar refractivity (Wildman–Crippen MR) is 125 cm³/mol. The Hall–Kier alpha value is -3.78. The molecule has 1 atom stereocenters. The number of carbonyl (C=O) groups is 1. The monoisotopic (exact) mass is 445 g/mol. The first-order valence-electron chi connectivity index (χ1n) is 10.8. The maximum Gasteiger partial charge on any atom is 0.228 e. The number of aromatic nitrogens is 3. The van der Waals surface area contributed by atoms with Gasteiger partial charge in [0.05, 0.1) is 18.2 Å². The molecule has 168 valence electrons. The summed E-state index contributed by atoms with van der Waals surface area (Å²) in [6, 6.07) is 16.6. The van der Waals surface area contributed by atoms with E-state index >= 15 is 0 Å². The zero-order valence-electron chi connectivity index (χ0n) is 18.2. The van der Waals surface area contributed by atoms with Gasteiger partial charge < -0.3 is 15.0 Å². The molecular formula is C25H24FN5O2. The molecule has 0 bridgehead atoms. The van der Waals surface area contributed by atoms with E-state index in [-0.39, 0.29) is 24.2 Å². The van der Waals surface area contributed by atoms with Gasteiger partial charge in [-0.3, -0.25) is 4.79 Å². The first-order valence-corrected chi connectivity index (χ1v) is 10.8. The molecule has 2 aromatic heterocycles. The SMILES string of the molecule is CO[C@H]1CCN(c2ccc(NC(=O)Cc3ccc(-c4ccn5ncnc5c4)cc3)cc2F)C1. The maximum absolute atomic E-state index is 14.6. The van der Waals surface area contributed by atoms with E-state index in [1.807, 2.05) is 47.5 Å². The van der Waals surface area contributed by atoms with Crippen LogP contribution in [0, 0.1) is 5.82 Å². The number of hydrogen-bond donors (Lipinski definition) is 1. The van der Waals surface area contributed by atoms with Gasteiger partial charge in [0.25, 0.3) is 0 Å². The van der Waals surface area contributed by atoms with Crippen LogP contribution in [0.5, 0.6) is 0 Å². The lowest BCUT2D eigenvalue weighted by atomic mass is 10.0. The lowest BCUT2D eigenvalue weighted by molar-refractivity contribution is -0.115. The Kier molecular flexibility index (Phi) is 5.75. The van der Waals surface area contributed by atoms with Crippen LogP contribution < -0.4 is 10.2 Å². The average Bonchev–Trinajstić information content (AvgIpc) is 3.48. The van der Waals surface area contributed by atoms with Crippen molar-refractivity contribution in [1.82, 2.24) is 14.6 Å².